The van der Waals surface area contributed by atoms with Crippen molar-refractivity contribution in [2.24, 2.45) is 0 Å². The summed E-state index contributed by atoms with van der Waals surface area (Å²) >= 11 is 0. The molecule has 82 valence electrons. The molecule has 15 heavy (non-hydrogen) atoms. The number of aryl methyl sites for hydroxylation is 1. The molecule has 0 spiro atoms. The van der Waals surface area contributed by atoms with Crippen LogP contribution in [0.4, 0.5) is 5.82 Å². The Morgan fingerprint density at radius 1 is 1.40 bits per heavy atom. The highest BCUT2D eigenvalue weighted by molar-refractivity contribution is 5.40. The van der Waals surface area contributed by atoms with Gasteiger partial charge < -0.3 is 10.2 Å². The molecule has 3 nitrogen and oxygen atoms in total. The Kier molecular flexibility index (Phi) is 2.65. The summed E-state index contributed by atoms with van der Waals surface area (Å²) in [5.41, 5.74) is 1.27. The van der Waals surface area contributed by atoms with Crippen LogP contribution < -0.4 is 10.2 Å². The molecule has 0 bridgehead atoms. The van der Waals surface area contributed by atoms with Crippen LogP contribution in [0.25, 0.3) is 0 Å². The second-order valence-corrected chi connectivity index (χ2v) is 4.87. The van der Waals surface area contributed by atoms with Gasteiger partial charge in [-0.25, -0.2) is 4.98 Å². The Hall–Kier alpha value is -1.09. The van der Waals surface area contributed by atoms with Crippen LogP contribution in [0.2, 0.25) is 0 Å². The molecule has 3 heteroatoms. The highest BCUT2D eigenvalue weighted by Gasteiger charge is 2.26. The van der Waals surface area contributed by atoms with E-state index in [1.807, 2.05) is 13.0 Å². The summed E-state index contributed by atoms with van der Waals surface area (Å²) in [4.78, 5) is 6.91. The number of nitrogens with zero attached hydrogens (tertiary/aromatic N) is 2. The van der Waals surface area contributed by atoms with E-state index in [0.717, 1.165) is 31.1 Å². The molecule has 1 aromatic heterocycles. The zero-order chi connectivity index (χ0) is 10.9. The molecular weight excluding hydrogens is 186 g/mol. The fourth-order valence-corrected chi connectivity index (χ4v) is 2.04. The van der Waals surface area contributed by atoms with Crippen LogP contribution in [0.5, 0.6) is 0 Å². The van der Waals surface area contributed by atoms with Gasteiger partial charge in [0.2, 0.25) is 0 Å². The van der Waals surface area contributed by atoms with E-state index in [9.17, 15) is 0 Å². The predicted octanol–water partition coefficient (Wildman–Crippen LogP) is 1.58. The maximum atomic E-state index is 4.56. The molecule has 0 aliphatic carbocycles. The summed E-state index contributed by atoms with van der Waals surface area (Å²) in [5.74, 6) is 1.10. The quantitative estimate of drug-likeness (QED) is 0.754. The van der Waals surface area contributed by atoms with Crippen LogP contribution in [-0.2, 0) is 0 Å². The van der Waals surface area contributed by atoms with Gasteiger partial charge in [0.1, 0.15) is 5.82 Å². The Morgan fingerprint density at radius 3 is 2.87 bits per heavy atom. The van der Waals surface area contributed by atoms with Crippen molar-refractivity contribution in [3.8, 4) is 0 Å². The molecule has 0 saturated carbocycles. The van der Waals surface area contributed by atoms with E-state index in [-0.39, 0.29) is 5.54 Å². The standard InChI is InChI=1S/C12H19N3/c1-10-5-4-6-11(14-10)15-8-7-13-12(2,3)9-15/h4-6,13H,7-9H2,1-3H3. The van der Waals surface area contributed by atoms with E-state index in [1.165, 1.54) is 0 Å². The van der Waals surface area contributed by atoms with Crippen molar-refractivity contribution in [1.29, 1.82) is 0 Å². The van der Waals surface area contributed by atoms with E-state index in [4.69, 9.17) is 0 Å². The fraction of sp³-hybridized carbons (Fsp3) is 0.583. The molecule has 1 fully saturated rings. The summed E-state index contributed by atoms with van der Waals surface area (Å²) in [5, 5.41) is 3.50. The summed E-state index contributed by atoms with van der Waals surface area (Å²) < 4.78 is 0. The third-order valence-corrected chi connectivity index (χ3v) is 2.77. The van der Waals surface area contributed by atoms with Gasteiger partial charge in [0.15, 0.2) is 0 Å². The first kappa shape index (κ1) is 10.4. The SMILES string of the molecule is Cc1cccc(N2CCNC(C)(C)C2)n1. The Balaban J connectivity index is 2.17. The van der Waals surface area contributed by atoms with Crippen molar-refractivity contribution in [1.82, 2.24) is 10.3 Å². The van der Waals surface area contributed by atoms with Gasteiger partial charge in [0, 0.05) is 30.9 Å². The number of anilines is 1. The largest absolute Gasteiger partial charge is 0.354 e. The van der Waals surface area contributed by atoms with Gasteiger partial charge in [-0.3, -0.25) is 0 Å². The van der Waals surface area contributed by atoms with E-state index in [1.54, 1.807) is 0 Å². The zero-order valence-corrected chi connectivity index (χ0v) is 9.75. The fourth-order valence-electron chi connectivity index (χ4n) is 2.04. The van der Waals surface area contributed by atoms with Crippen molar-refractivity contribution in [2.75, 3.05) is 24.5 Å². The van der Waals surface area contributed by atoms with Crippen molar-refractivity contribution < 1.29 is 0 Å². The molecule has 1 saturated heterocycles. The number of nitrogens with one attached hydrogen (secondary N) is 1. The van der Waals surface area contributed by atoms with Gasteiger partial charge in [-0.05, 0) is 32.9 Å². The van der Waals surface area contributed by atoms with Crippen molar-refractivity contribution in [3.63, 3.8) is 0 Å². The van der Waals surface area contributed by atoms with Crippen LogP contribution in [0, 0.1) is 6.92 Å². The minimum absolute atomic E-state index is 0.184. The molecule has 0 atom stereocenters. The molecule has 0 radical (unpaired) electrons. The second kappa shape index (κ2) is 3.81. The predicted molar refractivity (Wildman–Crippen MR) is 63.3 cm³/mol. The van der Waals surface area contributed by atoms with E-state index >= 15 is 0 Å². The molecule has 1 aromatic rings. The zero-order valence-electron chi connectivity index (χ0n) is 9.75. The maximum absolute atomic E-state index is 4.56. The van der Waals surface area contributed by atoms with E-state index in [0.29, 0.717) is 0 Å². The van der Waals surface area contributed by atoms with E-state index in [2.05, 4.69) is 41.2 Å². The summed E-state index contributed by atoms with van der Waals surface area (Å²) in [6, 6.07) is 6.21. The molecule has 1 aliphatic heterocycles. The Bertz CT molecular complexity index is 346. The molecule has 0 amide bonds. The summed E-state index contributed by atoms with van der Waals surface area (Å²) in [7, 11) is 0. The number of hydrogen-bond donors (Lipinski definition) is 1. The minimum Gasteiger partial charge on any atom is -0.354 e. The third kappa shape index (κ3) is 2.48. The van der Waals surface area contributed by atoms with Crippen LogP contribution >= 0.6 is 0 Å². The molecular formula is C12H19N3. The normalized spacial score (nSPS) is 20.3. The molecule has 1 N–H and O–H groups in total. The van der Waals surface area contributed by atoms with Gasteiger partial charge in [-0.2, -0.15) is 0 Å². The summed E-state index contributed by atoms with van der Waals surface area (Å²) in [6.45, 7) is 9.59. The molecule has 1 aliphatic rings. The lowest BCUT2D eigenvalue weighted by atomic mass is 10.0. The topological polar surface area (TPSA) is 28.2 Å². The first-order valence-corrected chi connectivity index (χ1v) is 5.50. The lowest BCUT2D eigenvalue weighted by Gasteiger charge is -2.39. The molecule has 2 rings (SSSR count). The average molecular weight is 205 g/mol. The first-order valence-electron chi connectivity index (χ1n) is 5.50. The van der Waals surface area contributed by atoms with E-state index < -0.39 is 0 Å². The van der Waals surface area contributed by atoms with Crippen LogP contribution in [-0.4, -0.2) is 30.2 Å². The smallest absolute Gasteiger partial charge is 0.128 e. The van der Waals surface area contributed by atoms with Crippen LogP contribution in [0.3, 0.4) is 0 Å². The van der Waals surface area contributed by atoms with Gasteiger partial charge >= 0.3 is 0 Å². The number of rotatable bonds is 1. The van der Waals surface area contributed by atoms with Crippen LogP contribution in [0.15, 0.2) is 18.2 Å². The monoisotopic (exact) mass is 205 g/mol. The highest BCUT2D eigenvalue weighted by atomic mass is 15.3. The summed E-state index contributed by atoms with van der Waals surface area (Å²) in [6.07, 6.45) is 0. The van der Waals surface area contributed by atoms with Gasteiger partial charge in [0.25, 0.3) is 0 Å². The lowest BCUT2D eigenvalue weighted by molar-refractivity contribution is 0.351. The van der Waals surface area contributed by atoms with Gasteiger partial charge in [0.05, 0.1) is 0 Å². The lowest BCUT2D eigenvalue weighted by Crippen LogP contribution is -2.57. The van der Waals surface area contributed by atoms with Gasteiger partial charge in [-0.1, -0.05) is 6.07 Å². The maximum Gasteiger partial charge on any atom is 0.128 e. The number of aromatic nitrogens is 1. The molecule has 0 aromatic carbocycles. The minimum atomic E-state index is 0.184. The molecule has 2 heterocycles. The van der Waals surface area contributed by atoms with Crippen molar-refractivity contribution >= 4 is 5.82 Å². The van der Waals surface area contributed by atoms with Crippen molar-refractivity contribution in [3.05, 3.63) is 23.9 Å². The number of pyridine rings is 1. The van der Waals surface area contributed by atoms with Crippen molar-refractivity contribution in [2.45, 2.75) is 26.3 Å². The number of hydrogen-bond acceptors (Lipinski definition) is 3. The first-order chi connectivity index (χ1) is 7.07. The second-order valence-electron chi connectivity index (χ2n) is 4.87. The highest BCUT2D eigenvalue weighted by Crippen LogP contribution is 2.17. The third-order valence-electron chi connectivity index (χ3n) is 2.77. The Labute approximate surface area is 91.5 Å². The average Bonchev–Trinajstić information content (AvgIpc) is 2.16. The Morgan fingerprint density at radius 2 is 2.20 bits per heavy atom. The van der Waals surface area contributed by atoms with Gasteiger partial charge in [-0.15, -0.1) is 0 Å². The van der Waals surface area contributed by atoms with Crippen LogP contribution in [0.1, 0.15) is 19.5 Å². The molecule has 0 unspecified atom stereocenters. The number of piperazine rings is 1.